The number of rotatable bonds is 2. The second-order valence-electron chi connectivity index (χ2n) is 3.38. The van der Waals surface area contributed by atoms with Gasteiger partial charge in [0.15, 0.2) is 0 Å². The van der Waals surface area contributed by atoms with Gasteiger partial charge in [0.25, 0.3) is 0 Å². The number of benzene rings is 2. The number of phenols is 1. The number of carbonyl (C=O) groups is 1. The average molecular weight is 261 g/mol. The Balaban J connectivity index is 0.000000199. The second-order valence-corrected chi connectivity index (χ2v) is 3.76. The zero-order valence-corrected chi connectivity index (χ0v) is 10.4. The van der Waals surface area contributed by atoms with Crippen LogP contribution in [-0.4, -0.2) is 10.3 Å². The maximum absolute atomic E-state index is 10.3. The number of phenolic OH excluding ortho intramolecular Hbond substituents is 1. The molecule has 2 aromatic carbocycles. The van der Waals surface area contributed by atoms with Crippen molar-refractivity contribution in [1.29, 1.82) is 0 Å². The Morgan fingerprint density at radius 2 is 1.44 bits per heavy atom. The topological polar surface area (TPSA) is 37.3 Å². The van der Waals surface area contributed by atoms with Gasteiger partial charge < -0.3 is 5.11 Å². The van der Waals surface area contributed by atoms with E-state index in [1.54, 1.807) is 30.3 Å². The fourth-order valence-electron chi connectivity index (χ4n) is 1.15. The lowest BCUT2D eigenvalue weighted by atomic mass is 10.2. The van der Waals surface area contributed by atoms with E-state index in [0.29, 0.717) is 5.75 Å². The largest absolute Gasteiger partial charge is 0.508 e. The van der Waals surface area contributed by atoms with E-state index in [-0.39, 0.29) is 0 Å². The minimum atomic E-state index is -0.450. The molecule has 0 saturated heterocycles. The van der Waals surface area contributed by atoms with Gasteiger partial charge >= 0.3 is 0 Å². The second kappa shape index (κ2) is 8.09. The molecular weight excluding hydrogens is 248 g/mol. The maximum Gasteiger partial charge on any atom is 0.245 e. The zero-order valence-electron chi connectivity index (χ0n) is 9.66. The highest BCUT2D eigenvalue weighted by Gasteiger charge is 1.85. The van der Waals surface area contributed by atoms with Crippen LogP contribution < -0.4 is 0 Å². The van der Waals surface area contributed by atoms with Crippen molar-refractivity contribution >= 4 is 22.9 Å². The van der Waals surface area contributed by atoms with E-state index in [4.69, 9.17) is 16.7 Å². The highest BCUT2D eigenvalue weighted by Crippen LogP contribution is 2.03. The van der Waals surface area contributed by atoms with Gasteiger partial charge in [-0.05, 0) is 35.4 Å². The van der Waals surface area contributed by atoms with Crippen molar-refractivity contribution in [1.82, 2.24) is 0 Å². The Morgan fingerprint density at radius 3 is 1.83 bits per heavy atom. The molecule has 0 heterocycles. The molecular formula is C15H13ClO2. The van der Waals surface area contributed by atoms with Crippen molar-refractivity contribution in [3.05, 3.63) is 72.3 Å². The smallest absolute Gasteiger partial charge is 0.245 e. The van der Waals surface area contributed by atoms with E-state index in [2.05, 4.69) is 0 Å². The third-order valence-corrected chi connectivity index (χ3v) is 2.09. The fourth-order valence-corrected chi connectivity index (χ4v) is 1.22. The van der Waals surface area contributed by atoms with E-state index < -0.39 is 5.24 Å². The molecule has 0 atom stereocenters. The van der Waals surface area contributed by atoms with Gasteiger partial charge in [0, 0.05) is 0 Å². The summed E-state index contributed by atoms with van der Waals surface area (Å²) in [6.07, 6.45) is 3.01. The fraction of sp³-hybridized carbons (Fsp3) is 0. The van der Waals surface area contributed by atoms with Crippen molar-refractivity contribution < 1.29 is 9.90 Å². The van der Waals surface area contributed by atoms with E-state index >= 15 is 0 Å². The van der Waals surface area contributed by atoms with Crippen LogP contribution >= 0.6 is 11.6 Å². The summed E-state index contributed by atoms with van der Waals surface area (Å²) in [5.41, 5.74) is 0.974. The number of halogens is 1. The summed E-state index contributed by atoms with van der Waals surface area (Å²) in [5.74, 6) is 0.322. The molecule has 0 amide bonds. The van der Waals surface area contributed by atoms with Gasteiger partial charge in [0.05, 0.1) is 0 Å². The molecule has 2 aromatic rings. The van der Waals surface area contributed by atoms with Gasteiger partial charge in [0.1, 0.15) is 5.75 Å². The standard InChI is InChI=1S/C9H7ClO.C6H6O/c10-9(11)7-6-8-4-2-1-3-5-8;7-6-4-2-1-3-5-6/h1-7H;1-5,7H. The van der Waals surface area contributed by atoms with Crippen molar-refractivity contribution in [2.45, 2.75) is 0 Å². The molecule has 2 rings (SSSR count). The Labute approximate surface area is 111 Å². The quantitative estimate of drug-likeness (QED) is 0.658. The first-order valence-electron chi connectivity index (χ1n) is 5.35. The molecule has 0 aliphatic heterocycles. The molecule has 0 radical (unpaired) electrons. The van der Waals surface area contributed by atoms with Crippen molar-refractivity contribution in [2.24, 2.45) is 0 Å². The van der Waals surface area contributed by atoms with Gasteiger partial charge in [-0.3, -0.25) is 4.79 Å². The highest BCUT2D eigenvalue weighted by molar-refractivity contribution is 6.66. The number of carbonyl (C=O) groups excluding carboxylic acids is 1. The third kappa shape index (κ3) is 6.51. The van der Waals surface area contributed by atoms with E-state index in [9.17, 15) is 4.79 Å². The molecule has 0 unspecified atom stereocenters. The van der Waals surface area contributed by atoms with Gasteiger partial charge in [-0.1, -0.05) is 54.6 Å². The Morgan fingerprint density at radius 1 is 0.944 bits per heavy atom. The van der Waals surface area contributed by atoms with Crippen molar-refractivity contribution in [3.63, 3.8) is 0 Å². The molecule has 0 saturated carbocycles. The number of hydrogen-bond donors (Lipinski definition) is 1. The van der Waals surface area contributed by atoms with Crippen LogP contribution in [0.2, 0.25) is 0 Å². The summed E-state index contributed by atoms with van der Waals surface area (Å²) in [4.78, 5) is 10.3. The van der Waals surface area contributed by atoms with Gasteiger partial charge in [-0.15, -0.1) is 0 Å². The number of aromatic hydroxyl groups is 1. The summed E-state index contributed by atoms with van der Waals surface area (Å²) in [6, 6.07) is 18.2. The minimum Gasteiger partial charge on any atom is -0.508 e. The van der Waals surface area contributed by atoms with Crippen LogP contribution in [0, 0.1) is 0 Å². The van der Waals surface area contributed by atoms with Crippen LogP contribution in [0.1, 0.15) is 5.56 Å². The summed E-state index contributed by atoms with van der Waals surface area (Å²) in [5, 5.41) is 8.18. The van der Waals surface area contributed by atoms with Crippen LogP contribution in [0.15, 0.2) is 66.7 Å². The average Bonchev–Trinajstić information content (AvgIpc) is 2.39. The van der Waals surface area contributed by atoms with E-state index in [1.165, 1.54) is 6.08 Å². The molecule has 1 N–H and O–H groups in total. The molecule has 0 aliphatic carbocycles. The van der Waals surface area contributed by atoms with E-state index in [1.807, 2.05) is 36.4 Å². The molecule has 0 spiro atoms. The summed E-state index contributed by atoms with van der Waals surface area (Å²) < 4.78 is 0. The predicted octanol–water partition coefficient (Wildman–Crippen LogP) is 3.86. The predicted molar refractivity (Wildman–Crippen MR) is 74.4 cm³/mol. The molecule has 0 fully saturated rings. The lowest BCUT2D eigenvalue weighted by Crippen LogP contribution is -1.75. The Bertz CT molecular complexity index is 492. The molecule has 18 heavy (non-hydrogen) atoms. The maximum atomic E-state index is 10.3. The van der Waals surface area contributed by atoms with Crippen molar-refractivity contribution in [3.8, 4) is 5.75 Å². The van der Waals surface area contributed by atoms with Crippen molar-refractivity contribution in [2.75, 3.05) is 0 Å². The van der Waals surface area contributed by atoms with Crippen LogP contribution in [0.3, 0.4) is 0 Å². The van der Waals surface area contributed by atoms with Crippen LogP contribution in [-0.2, 0) is 4.79 Å². The van der Waals surface area contributed by atoms with Crippen LogP contribution in [0.5, 0.6) is 5.75 Å². The number of allylic oxidation sites excluding steroid dienone is 1. The zero-order chi connectivity index (χ0) is 13.2. The third-order valence-electron chi connectivity index (χ3n) is 1.96. The molecule has 92 valence electrons. The summed E-state index contributed by atoms with van der Waals surface area (Å²) >= 11 is 5.10. The Hall–Kier alpha value is -2.06. The number of para-hydroxylation sites is 1. The monoisotopic (exact) mass is 260 g/mol. The highest BCUT2D eigenvalue weighted by atomic mass is 35.5. The minimum absolute atomic E-state index is 0.322. The van der Waals surface area contributed by atoms with E-state index in [0.717, 1.165) is 5.56 Å². The SMILES string of the molecule is O=C(Cl)C=Cc1ccccc1.Oc1ccccc1. The molecule has 0 aromatic heterocycles. The van der Waals surface area contributed by atoms with Gasteiger partial charge in [-0.25, -0.2) is 0 Å². The lowest BCUT2D eigenvalue weighted by molar-refractivity contribution is -0.107. The lowest BCUT2D eigenvalue weighted by Gasteiger charge is -1.87. The first kappa shape index (κ1) is 14.0. The first-order valence-corrected chi connectivity index (χ1v) is 5.73. The Kier molecular flexibility index (Phi) is 6.30. The number of hydrogen-bond acceptors (Lipinski definition) is 2. The molecule has 3 heteroatoms. The first-order chi connectivity index (χ1) is 8.68. The summed E-state index contributed by atoms with van der Waals surface area (Å²) in [6.45, 7) is 0. The molecule has 2 nitrogen and oxygen atoms in total. The van der Waals surface area contributed by atoms with Gasteiger partial charge in [0.2, 0.25) is 5.24 Å². The molecule has 0 bridgehead atoms. The normalized spacial score (nSPS) is 9.61. The van der Waals surface area contributed by atoms with Crippen LogP contribution in [0.4, 0.5) is 0 Å². The van der Waals surface area contributed by atoms with Gasteiger partial charge in [-0.2, -0.15) is 0 Å². The van der Waals surface area contributed by atoms with Crippen LogP contribution in [0.25, 0.3) is 6.08 Å². The summed E-state index contributed by atoms with van der Waals surface area (Å²) in [7, 11) is 0. The molecule has 0 aliphatic rings.